The number of carbonyl (C=O) groups is 3. The van der Waals surface area contributed by atoms with E-state index in [2.05, 4.69) is 41.9 Å². The molecule has 3 N–H and O–H groups in total. The molecule has 2 aromatic carbocycles. The topological polar surface area (TPSA) is 90.5 Å². The number of likely N-dealkylation sites (tertiary alicyclic amines) is 1. The van der Waals surface area contributed by atoms with Gasteiger partial charge in [-0.1, -0.05) is 77.1 Å². The van der Waals surface area contributed by atoms with Crippen LogP contribution in [-0.4, -0.2) is 60.9 Å². The van der Waals surface area contributed by atoms with Crippen LogP contribution in [0, 0.1) is 11.3 Å². The van der Waals surface area contributed by atoms with Crippen LogP contribution >= 0.6 is 0 Å². The molecule has 0 radical (unpaired) electrons. The fourth-order valence-electron chi connectivity index (χ4n) is 4.73. The second-order valence-corrected chi connectivity index (χ2v) is 11.6. The Morgan fingerprint density at radius 2 is 1.76 bits per heavy atom. The van der Waals surface area contributed by atoms with E-state index in [-0.39, 0.29) is 17.7 Å². The lowest BCUT2D eigenvalue weighted by Gasteiger charge is -2.31. The summed E-state index contributed by atoms with van der Waals surface area (Å²) in [5.41, 5.74) is 0.417. The van der Waals surface area contributed by atoms with Gasteiger partial charge in [0.2, 0.25) is 17.7 Å². The first-order valence-electron chi connectivity index (χ1n) is 13.6. The standard InChI is InChI=1S/C30H44N4O3/c1-21(2)20-31-15-9-16-32-27(35)25(19-22-13-14-23-10-6-7-11-24(23)18-22)33-28(36)26-12-8-17-34(26)29(37)30(3,4)5/h6-7,10-11,13-14,18,21,25-26,31H,8-9,12,15-17,19-20H2,1-5H3,(H,32,35)(H,33,36). The maximum Gasteiger partial charge on any atom is 0.243 e. The van der Waals surface area contributed by atoms with Crippen molar-refractivity contribution in [3.8, 4) is 0 Å². The number of nitrogens with one attached hydrogen (secondary N) is 3. The van der Waals surface area contributed by atoms with Gasteiger partial charge < -0.3 is 20.9 Å². The van der Waals surface area contributed by atoms with Gasteiger partial charge in [-0.25, -0.2) is 0 Å². The summed E-state index contributed by atoms with van der Waals surface area (Å²) in [5.74, 6) is 0.0951. The SMILES string of the molecule is CC(C)CNCCCNC(=O)C(Cc1ccc2ccccc2c1)NC(=O)C1CCCN1C(=O)C(C)(C)C. The molecule has 1 fully saturated rings. The molecule has 0 bridgehead atoms. The zero-order valence-electron chi connectivity index (χ0n) is 23.1. The van der Waals surface area contributed by atoms with Gasteiger partial charge >= 0.3 is 0 Å². The summed E-state index contributed by atoms with van der Waals surface area (Å²) in [4.78, 5) is 41.3. The van der Waals surface area contributed by atoms with Crippen LogP contribution in [0.4, 0.5) is 0 Å². The molecule has 1 heterocycles. The molecule has 7 heteroatoms. The van der Waals surface area contributed by atoms with Crippen LogP contribution in [0.5, 0.6) is 0 Å². The van der Waals surface area contributed by atoms with Crippen LogP contribution in [0.15, 0.2) is 42.5 Å². The minimum absolute atomic E-state index is 0.0328. The first-order chi connectivity index (χ1) is 17.6. The smallest absolute Gasteiger partial charge is 0.243 e. The fraction of sp³-hybridized carbons (Fsp3) is 0.567. The van der Waals surface area contributed by atoms with E-state index in [4.69, 9.17) is 0 Å². The van der Waals surface area contributed by atoms with Crippen molar-refractivity contribution < 1.29 is 14.4 Å². The fourth-order valence-corrected chi connectivity index (χ4v) is 4.73. The molecule has 0 spiro atoms. The molecule has 1 aliphatic heterocycles. The Hall–Kier alpha value is -2.93. The highest BCUT2D eigenvalue weighted by Gasteiger charge is 2.39. The normalized spacial score (nSPS) is 16.7. The van der Waals surface area contributed by atoms with Crippen molar-refractivity contribution in [1.29, 1.82) is 0 Å². The average Bonchev–Trinajstić information content (AvgIpc) is 3.34. The number of hydrogen-bond donors (Lipinski definition) is 3. The summed E-state index contributed by atoms with van der Waals surface area (Å²) < 4.78 is 0. The Bertz CT molecular complexity index is 1080. The highest BCUT2D eigenvalue weighted by Crippen LogP contribution is 2.26. The number of hydrogen-bond acceptors (Lipinski definition) is 4. The molecule has 37 heavy (non-hydrogen) atoms. The van der Waals surface area contributed by atoms with Crippen molar-refractivity contribution in [2.45, 2.75) is 72.4 Å². The third kappa shape index (κ3) is 8.29. The van der Waals surface area contributed by atoms with E-state index in [1.54, 1.807) is 4.90 Å². The molecule has 0 aliphatic carbocycles. The number of nitrogens with zero attached hydrogens (tertiary/aromatic N) is 1. The monoisotopic (exact) mass is 508 g/mol. The van der Waals surface area contributed by atoms with Crippen molar-refractivity contribution in [2.24, 2.45) is 11.3 Å². The molecule has 0 saturated carbocycles. The Labute approximate surface area is 221 Å². The lowest BCUT2D eigenvalue weighted by atomic mass is 9.94. The number of fused-ring (bicyclic) bond motifs is 1. The zero-order valence-corrected chi connectivity index (χ0v) is 23.1. The third-order valence-electron chi connectivity index (χ3n) is 6.73. The summed E-state index contributed by atoms with van der Waals surface area (Å²) in [6, 6.07) is 13.0. The van der Waals surface area contributed by atoms with Gasteiger partial charge in [0, 0.05) is 24.9 Å². The van der Waals surface area contributed by atoms with Crippen LogP contribution < -0.4 is 16.0 Å². The molecule has 0 aromatic heterocycles. The van der Waals surface area contributed by atoms with Crippen molar-refractivity contribution in [3.05, 3.63) is 48.0 Å². The highest BCUT2D eigenvalue weighted by molar-refractivity contribution is 5.93. The predicted octanol–water partition coefficient (Wildman–Crippen LogP) is 3.66. The molecule has 1 aliphatic rings. The summed E-state index contributed by atoms with van der Waals surface area (Å²) >= 11 is 0. The van der Waals surface area contributed by atoms with Crippen molar-refractivity contribution in [3.63, 3.8) is 0 Å². The number of amides is 3. The van der Waals surface area contributed by atoms with E-state index in [0.29, 0.717) is 31.8 Å². The molecule has 2 aromatic rings. The van der Waals surface area contributed by atoms with E-state index in [1.807, 2.05) is 51.1 Å². The summed E-state index contributed by atoms with van der Waals surface area (Å²) in [6.45, 7) is 12.8. The van der Waals surface area contributed by atoms with Crippen LogP contribution in [0.1, 0.15) is 59.4 Å². The van der Waals surface area contributed by atoms with Gasteiger partial charge in [-0.05, 0) is 54.6 Å². The summed E-state index contributed by atoms with van der Waals surface area (Å²) in [6.07, 6.45) is 2.59. The second-order valence-electron chi connectivity index (χ2n) is 11.6. The van der Waals surface area contributed by atoms with E-state index in [9.17, 15) is 14.4 Å². The van der Waals surface area contributed by atoms with Gasteiger partial charge in [0.05, 0.1) is 0 Å². The van der Waals surface area contributed by atoms with E-state index in [0.717, 1.165) is 42.3 Å². The molecule has 1 saturated heterocycles. The van der Waals surface area contributed by atoms with Crippen LogP contribution in [0.2, 0.25) is 0 Å². The molecular formula is C30H44N4O3. The van der Waals surface area contributed by atoms with Gasteiger partial charge in [0.25, 0.3) is 0 Å². The Morgan fingerprint density at radius 1 is 1.03 bits per heavy atom. The number of rotatable bonds is 11. The first-order valence-corrected chi connectivity index (χ1v) is 13.6. The largest absolute Gasteiger partial charge is 0.354 e. The van der Waals surface area contributed by atoms with Crippen LogP contribution in [-0.2, 0) is 20.8 Å². The van der Waals surface area contributed by atoms with Crippen LogP contribution in [0.3, 0.4) is 0 Å². The number of benzene rings is 2. The molecule has 3 amide bonds. The highest BCUT2D eigenvalue weighted by atomic mass is 16.2. The number of carbonyl (C=O) groups excluding carboxylic acids is 3. The van der Waals surface area contributed by atoms with Crippen molar-refractivity contribution in [1.82, 2.24) is 20.9 Å². The lowest BCUT2D eigenvalue weighted by molar-refractivity contribution is -0.145. The summed E-state index contributed by atoms with van der Waals surface area (Å²) in [5, 5.41) is 11.6. The average molecular weight is 509 g/mol. The van der Waals surface area contributed by atoms with Gasteiger partial charge in [0.15, 0.2) is 0 Å². The zero-order chi connectivity index (χ0) is 27.0. The molecular weight excluding hydrogens is 464 g/mol. The summed E-state index contributed by atoms with van der Waals surface area (Å²) in [7, 11) is 0. The second kappa shape index (κ2) is 13.0. The third-order valence-corrected chi connectivity index (χ3v) is 6.73. The molecule has 2 atom stereocenters. The van der Waals surface area contributed by atoms with E-state index >= 15 is 0 Å². The van der Waals surface area contributed by atoms with E-state index in [1.165, 1.54) is 0 Å². The van der Waals surface area contributed by atoms with Crippen molar-refractivity contribution in [2.75, 3.05) is 26.2 Å². The van der Waals surface area contributed by atoms with Gasteiger partial charge in [-0.3, -0.25) is 14.4 Å². The maximum absolute atomic E-state index is 13.4. The van der Waals surface area contributed by atoms with Gasteiger partial charge in [-0.2, -0.15) is 0 Å². The van der Waals surface area contributed by atoms with Crippen LogP contribution in [0.25, 0.3) is 10.8 Å². The Kier molecular flexibility index (Phi) is 10.1. The van der Waals surface area contributed by atoms with E-state index < -0.39 is 17.5 Å². The quantitative estimate of drug-likeness (QED) is 0.404. The first kappa shape index (κ1) is 28.6. The lowest BCUT2D eigenvalue weighted by Crippen LogP contribution is -2.55. The predicted molar refractivity (Wildman–Crippen MR) is 149 cm³/mol. The molecule has 3 rings (SSSR count). The molecule has 2 unspecified atom stereocenters. The van der Waals surface area contributed by atoms with Gasteiger partial charge in [-0.15, -0.1) is 0 Å². The molecule has 202 valence electrons. The minimum atomic E-state index is -0.718. The van der Waals surface area contributed by atoms with Crippen molar-refractivity contribution >= 4 is 28.5 Å². The Morgan fingerprint density at radius 3 is 2.46 bits per heavy atom. The van der Waals surface area contributed by atoms with Gasteiger partial charge in [0.1, 0.15) is 12.1 Å². The minimum Gasteiger partial charge on any atom is -0.354 e. The Balaban J connectivity index is 1.70. The maximum atomic E-state index is 13.4. The molecule has 7 nitrogen and oxygen atoms in total.